The van der Waals surface area contributed by atoms with E-state index >= 15 is 0 Å². The van der Waals surface area contributed by atoms with E-state index in [1.54, 1.807) is 6.20 Å². The number of aromatic nitrogens is 1. The molecule has 1 aromatic carbocycles. The maximum Gasteiger partial charge on any atom is 0.375 e. The highest BCUT2D eigenvalue weighted by molar-refractivity contribution is 7.88. The topological polar surface area (TPSA) is 89.9 Å². The summed E-state index contributed by atoms with van der Waals surface area (Å²) in [6.07, 6.45) is 4.53. The molecule has 0 amide bonds. The summed E-state index contributed by atoms with van der Waals surface area (Å²) in [5.41, 5.74) is 1.45. The van der Waals surface area contributed by atoms with Gasteiger partial charge in [0.05, 0.1) is 11.8 Å². The van der Waals surface area contributed by atoms with Crippen molar-refractivity contribution in [1.82, 2.24) is 14.2 Å². The number of rotatable bonds is 8. The zero-order valence-corrected chi connectivity index (χ0v) is 17.9. The monoisotopic (exact) mass is 423 g/mol. The Morgan fingerprint density at radius 3 is 2.66 bits per heavy atom. The molecule has 160 valence electrons. The standard InChI is InChI=1S/C20H29N3O5S/c1-15(16-8-11-23(12-9-16)13-10-21-29(3,25)26)27-28-20(24)18-14-22(2)19-7-5-4-6-17(18)19/h4-7,14-16,21H,8-13H2,1-3H3. The van der Waals surface area contributed by atoms with Crippen molar-refractivity contribution in [3.63, 3.8) is 0 Å². The van der Waals surface area contributed by atoms with Crippen molar-refractivity contribution < 1.29 is 23.0 Å². The lowest BCUT2D eigenvalue weighted by atomic mass is 9.92. The number of hydrogen-bond acceptors (Lipinski definition) is 6. The Morgan fingerprint density at radius 2 is 1.97 bits per heavy atom. The van der Waals surface area contributed by atoms with Gasteiger partial charge < -0.3 is 9.47 Å². The maximum atomic E-state index is 12.5. The molecule has 1 aliphatic rings. The zero-order chi connectivity index (χ0) is 21.0. The maximum absolute atomic E-state index is 12.5. The van der Waals surface area contributed by atoms with Gasteiger partial charge in [-0.05, 0) is 44.8 Å². The lowest BCUT2D eigenvalue weighted by Crippen LogP contribution is -2.41. The van der Waals surface area contributed by atoms with Gasteiger partial charge in [-0.15, -0.1) is 0 Å². The minimum Gasteiger partial charge on any atom is -0.350 e. The molecule has 8 nitrogen and oxygen atoms in total. The van der Waals surface area contributed by atoms with Gasteiger partial charge in [-0.1, -0.05) is 18.2 Å². The summed E-state index contributed by atoms with van der Waals surface area (Å²) < 4.78 is 26.7. The van der Waals surface area contributed by atoms with Crippen LogP contribution < -0.4 is 4.72 Å². The van der Waals surface area contributed by atoms with E-state index in [1.165, 1.54) is 0 Å². The fourth-order valence-corrected chi connectivity index (χ4v) is 4.24. The van der Waals surface area contributed by atoms with Crippen molar-refractivity contribution in [3.8, 4) is 0 Å². The van der Waals surface area contributed by atoms with Crippen LogP contribution >= 0.6 is 0 Å². The van der Waals surface area contributed by atoms with Crippen LogP contribution in [0.5, 0.6) is 0 Å². The summed E-state index contributed by atoms with van der Waals surface area (Å²) >= 11 is 0. The number of carbonyl (C=O) groups excluding carboxylic acids is 1. The molecule has 9 heteroatoms. The lowest BCUT2D eigenvalue weighted by Gasteiger charge is -2.33. The van der Waals surface area contributed by atoms with Crippen molar-refractivity contribution in [1.29, 1.82) is 0 Å². The average molecular weight is 424 g/mol. The molecule has 1 saturated heterocycles. The van der Waals surface area contributed by atoms with E-state index in [-0.39, 0.29) is 12.0 Å². The van der Waals surface area contributed by atoms with Crippen molar-refractivity contribution >= 4 is 26.9 Å². The van der Waals surface area contributed by atoms with Crippen molar-refractivity contribution in [3.05, 3.63) is 36.0 Å². The molecule has 1 aliphatic heterocycles. The molecule has 0 radical (unpaired) electrons. The number of carbonyl (C=O) groups is 1. The zero-order valence-electron chi connectivity index (χ0n) is 17.1. The third kappa shape index (κ3) is 5.79. The van der Waals surface area contributed by atoms with Crippen molar-refractivity contribution in [2.75, 3.05) is 32.4 Å². The van der Waals surface area contributed by atoms with E-state index in [0.717, 1.165) is 43.1 Å². The van der Waals surface area contributed by atoms with E-state index in [2.05, 4.69) is 9.62 Å². The van der Waals surface area contributed by atoms with E-state index in [1.807, 2.05) is 42.8 Å². The molecule has 2 heterocycles. The number of para-hydroxylation sites is 1. The molecule has 1 fully saturated rings. The fraction of sp³-hybridized carbons (Fsp3) is 0.550. The first-order chi connectivity index (χ1) is 13.7. The minimum absolute atomic E-state index is 0.203. The highest BCUT2D eigenvalue weighted by Crippen LogP contribution is 2.24. The fourth-order valence-electron chi connectivity index (χ4n) is 3.78. The molecule has 1 aromatic heterocycles. The number of nitrogens with zero attached hydrogens (tertiary/aromatic N) is 2. The Balaban J connectivity index is 1.45. The molecule has 1 atom stereocenters. The number of piperidine rings is 1. The van der Waals surface area contributed by atoms with Crippen LogP contribution in [0, 0.1) is 5.92 Å². The summed E-state index contributed by atoms with van der Waals surface area (Å²) in [5.74, 6) is -0.202. The Hall–Kier alpha value is -1.94. The Morgan fingerprint density at radius 1 is 1.28 bits per heavy atom. The molecule has 0 spiro atoms. The number of fused-ring (bicyclic) bond motifs is 1. The number of nitrogens with one attached hydrogen (secondary N) is 1. The average Bonchev–Trinajstić information content (AvgIpc) is 3.02. The second-order valence-corrected chi connectivity index (χ2v) is 9.52. The van der Waals surface area contributed by atoms with Crippen molar-refractivity contribution in [2.24, 2.45) is 13.0 Å². The molecule has 0 bridgehead atoms. The van der Waals surface area contributed by atoms with Crippen LogP contribution in [0.15, 0.2) is 30.5 Å². The summed E-state index contributed by atoms with van der Waals surface area (Å²) in [5, 5.41) is 0.840. The first-order valence-electron chi connectivity index (χ1n) is 9.83. The van der Waals surface area contributed by atoms with Crippen LogP contribution in [-0.4, -0.2) is 62.4 Å². The van der Waals surface area contributed by atoms with Crippen LogP contribution in [0.2, 0.25) is 0 Å². The number of likely N-dealkylation sites (tertiary alicyclic amines) is 1. The SMILES string of the molecule is CC(OOC(=O)c1cn(C)c2ccccc12)C1CCN(CCNS(C)(=O)=O)CC1. The van der Waals surface area contributed by atoms with Gasteiger partial charge >= 0.3 is 5.97 Å². The summed E-state index contributed by atoms with van der Waals surface area (Å²) in [7, 11) is -1.26. The smallest absolute Gasteiger partial charge is 0.350 e. The highest BCUT2D eigenvalue weighted by atomic mass is 32.2. The van der Waals surface area contributed by atoms with Crippen molar-refractivity contribution in [2.45, 2.75) is 25.9 Å². The molecule has 2 aromatic rings. The summed E-state index contributed by atoms with van der Waals surface area (Å²) in [4.78, 5) is 25.3. The van der Waals surface area contributed by atoms with Crippen LogP contribution in [0.1, 0.15) is 30.1 Å². The molecule has 1 unspecified atom stereocenters. The molecule has 29 heavy (non-hydrogen) atoms. The van der Waals surface area contributed by atoms with Gasteiger partial charge in [0.25, 0.3) is 0 Å². The van der Waals surface area contributed by atoms with Gasteiger partial charge in [0.2, 0.25) is 10.0 Å². The van der Waals surface area contributed by atoms with Crippen LogP contribution in [0.4, 0.5) is 0 Å². The lowest BCUT2D eigenvalue weighted by molar-refractivity contribution is -0.282. The normalized spacial score (nSPS) is 17.5. The van der Waals surface area contributed by atoms with E-state index in [9.17, 15) is 13.2 Å². The second kappa shape index (κ2) is 9.25. The molecule has 0 saturated carbocycles. The first kappa shape index (κ1) is 21.8. The molecular formula is C20H29N3O5S. The number of hydrogen-bond donors (Lipinski definition) is 1. The second-order valence-electron chi connectivity index (χ2n) is 7.69. The largest absolute Gasteiger partial charge is 0.375 e. The summed E-state index contributed by atoms with van der Waals surface area (Å²) in [6, 6.07) is 7.67. The molecule has 3 rings (SSSR count). The van der Waals surface area contributed by atoms with E-state index in [0.29, 0.717) is 18.7 Å². The third-order valence-corrected chi connectivity index (χ3v) is 6.21. The number of benzene rings is 1. The summed E-state index contributed by atoms with van der Waals surface area (Å²) in [6.45, 7) is 4.74. The third-order valence-electron chi connectivity index (χ3n) is 5.48. The number of sulfonamides is 1. The van der Waals surface area contributed by atoms with Gasteiger partial charge in [-0.3, -0.25) is 4.89 Å². The van der Waals surface area contributed by atoms with E-state index < -0.39 is 16.0 Å². The predicted molar refractivity (Wildman–Crippen MR) is 111 cm³/mol. The predicted octanol–water partition coefficient (Wildman–Crippen LogP) is 1.92. The van der Waals surface area contributed by atoms with Gasteiger partial charge in [0.15, 0.2) is 0 Å². The Kier molecular flexibility index (Phi) is 6.94. The van der Waals surface area contributed by atoms with Crippen LogP contribution in [0.25, 0.3) is 10.9 Å². The van der Waals surface area contributed by atoms with Gasteiger partial charge in [-0.2, -0.15) is 4.89 Å². The van der Waals surface area contributed by atoms with Gasteiger partial charge in [0.1, 0.15) is 6.10 Å². The number of aryl methyl sites for hydroxylation is 1. The molecule has 1 N–H and O–H groups in total. The van der Waals surface area contributed by atoms with Gasteiger partial charge in [-0.25, -0.2) is 17.9 Å². The Labute approximate surface area is 171 Å². The van der Waals surface area contributed by atoms with Crippen LogP contribution in [-0.2, 0) is 26.8 Å². The highest BCUT2D eigenvalue weighted by Gasteiger charge is 2.26. The van der Waals surface area contributed by atoms with E-state index in [4.69, 9.17) is 9.78 Å². The van der Waals surface area contributed by atoms with Gasteiger partial charge in [0, 0.05) is 37.2 Å². The molecule has 0 aliphatic carbocycles. The molecular weight excluding hydrogens is 394 g/mol. The Bertz CT molecular complexity index is 948. The quantitative estimate of drug-likeness (QED) is 0.515. The van der Waals surface area contributed by atoms with Crippen LogP contribution in [0.3, 0.4) is 0 Å². The minimum atomic E-state index is -3.15. The first-order valence-corrected chi connectivity index (χ1v) is 11.7.